The van der Waals surface area contributed by atoms with Gasteiger partial charge in [0.1, 0.15) is 6.04 Å². The van der Waals surface area contributed by atoms with Gasteiger partial charge >= 0.3 is 0 Å². The van der Waals surface area contributed by atoms with Crippen LogP contribution >= 0.6 is 11.8 Å². The van der Waals surface area contributed by atoms with Gasteiger partial charge in [-0.1, -0.05) is 27.7 Å². The van der Waals surface area contributed by atoms with Gasteiger partial charge in [-0.2, -0.15) is 0 Å². The first-order valence-electron chi connectivity index (χ1n) is 9.67. The van der Waals surface area contributed by atoms with Crippen LogP contribution in [0.4, 0.5) is 0 Å². The molecular weight excluding hydrogens is 334 g/mol. The van der Waals surface area contributed by atoms with Crippen molar-refractivity contribution in [2.75, 3.05) is 37.8 Å². The SMILES string of the molecule is CCCN1CCC(CNC(=O)C2CSCN2C(=O)CC(C)(C)C)CC1. The molecule has 0 spiro atoms. The highest BCUT2D eigenvalue weighted by Crippen LogP contribution is 2.26. The summed E-state index contributed by atoms with van der Waals surface area (Å²) in [5.74, 6) is 2.07. The number of likely N-dealkylation sites (tertiary alicyclic amines) is 1. The maximum absolute atomic E-state index is 12.6. The molecule has 2 rings (SSSR count). The van der Waals surface area contributed by atoms with Crippen LogP contribution in [0.25, 0.3) is 0 Å². The second-order valence-electron chi connectivity index (χ2n) is 8.65. The molecule has 2 amide bonds. The van der Waals surface area contributed by atoms with E-state index in [0.717, 1.165) is 38.2 Å². The summed E-state index contributed by atoms with van der Waals surface area (Å²) in [7, 11) is 0. The van der Waals surface area contributed by atoms with Crippen molar-refractivity contribution in [1.82, 2.24) is 15.1 Å². The van der Waals surface area contributed by atoms with Gasteiger partial charge in [-0.25, -0.2) is 0 Å². The second-order valence-corrected chi connectivity index (χ2v) is 9.65. The average Bonchev–Trinajstić information content (AvgIpc) is 3.02. The van der Waals surface area contributed by atoms with Gasteiger partial charge in [0, 0.05) is 18.7 Å². The first-order valence-corrected chi connectivity index (χ1v) is 10.8. The maximum Gasteiger partial charge on any atom is 0.243 e. The predicted molar refractivity (Wildman–Crippen MR) is 104 cm³/mol. The molecule has 6 heteroatoms. The maximum atomic E-state index is 12.6. The monoisotopic (exact) mass is 369 g/mol. The Kier molecular flexibility index (Phi) is 7.62. The lowest BCUT2D eigenvalue weighted by molar-refractivity contribution is -0.139. The van der Waals surface area contributed by atoms with Gasteiger partial charge in [-0.15, -0.1) is 11.8 Å². The van der Waals surface area contributed by atoms with Crippen molar-refractivity contribution < 1.29 is 9.59 Å². The van der Waals surface area contributed by atoms with E-state index in [2.05, 4.69) is 37.9 Å². The third-order valence-electron chi connectivity index (χ3n) is 5.00. The number of thioether (sulfide) groups is 1. The largest absolute Gasteiger partial charge is 0.354 e. The molecule has 2 heterocycles. The Morgan fingerprint density at radius 3 is 2.48 bits per heavy atom. The minimum atomic E-state index is -0.292. The first kappa shape index (κ1) is 20.6. The van der Waals surface area contributed by atoms with Gasteiger partial charge in [-0.3, -0.25) is 9.59 Å². The van der Waals surface area contributed by atoms with E-state index in [4.69, 9.17) is 0 Å². The van der Waals surface area contributed by atoms with E-state index in [1.54, 1.807) is 16.7 Å². The van der Waals surface area contributed by atoms with Crippen LogP contribution in [0.3, 0.4) is 0 Å². The molecule has 1 N–H and O–H groups in total. The van der Waals surface area contributed by atoms with Gasteiger partial charge in [-0.05, 0) is 50.2 Å². The van der Waals surface area contributed by atoms with Crippen molar-refractivity contribution in [3.8, 4) is 0 Å². The number of carbonyl (C=O) groups excluding carboxylic acids is 2. The summed E-state index contributed by atoms with van der Waals surface area (Å²) >= 11 is 1.68. The fourth-order valence-electron chi connectivity index (χ4n) is 3.55. The van der Waals surface area contributed by atoms with Crippen LogP contribution in [-0.4, -0.2) is 65.5 Å². The molecule has 2 aliphatic heterocycles. The lowest BCUT2D eigenvalue weighted by Crippen LogP contribution is -2.49. The minimum Gasteiger partial charge on any atom is -0.354 e. The Bertz CT molecular complexity index is 456. The molecule has 0 aromatic rings. The molecular formula is C19H35N3O2S. The van der Waals surface area contributed by atoms with Crippen LogP contribution in [0.15, 0.2) is 0 Å². The summed E-state index contributed by atoms with van der Waals surface area (Å²) in [5.41, 5.74) is -0.0438. The van der Waals surface area contributed by atoms with Crippen LogP contribution < -0.4 is 5.32 Å². The minimum absolute atomic E-state index is 0.0308. The van der Waals surface area contributed by atoms with Gasteiger partial charge in [0.15, 0.2) is 0 Å². The number of hydrogen-bond acceptors (Lipinski definition) is 4. The number of piperidine rings is 1. The molecule has 0 aromatic carbocycles. The zero-order valence-corrected chi connectivity index (χ0v) is 17.2. The molecule has 25 heavy (non-hydrogen) atoms. The molecule has 0 radical (unpaired) electrons. The van der Waals surface area contributed by atoms with E-state index in [9.17, 15) is 9.59 Å². The Hall–Kier alpha value is -0.750. The van der Waals surface area contributed by atoms with E-state index in [1.807, 2.05) is 0 Å². The van der Waals surface area contributed by atoms with Crippen LogP contribution in [0, 0.1) is 11.3 Å². The first-order chi connectivity index (χ1) is 11.8. The van der Waals surface area contributed by atoms with Gasteiger partial charge in [0.05, 0.1) is 5.88 Å². The highest BCUT2D eigenvalue weighted by molar-refractivity contribution is 7.99. The lowest BCUT2D eigenvalue weighted by atomic mass is 9.91. The molecule has 1 atom stereocenters. The highest BCUT2D eigenvalue weighted by Gasteiger charge is 2.36. The molecule has 0 saturated carbocycles. The molecule has 2 aliphatic rings. The molecule has 0 bridgehead atoms. The Morgan fingerprint density at radius 2 is 1.88 bits per heavy atom. The van der Waals surface area contributed by atoms with Gasteiger partial charge in [0.25, 0.3) is 0 Å². The van der Waals surface area contributed by atoms with Gasteiger partial charge < -0.3 is 15.1 Å². The summed E-state index contributed by atoms with van der Waals surface area (Å²) in [6.07, 6.45) is 4.02. The molecule has 0 aliphatic carbocycles. The fourth-order valence-corrected chi connectivity index (χ4v) is 4.73. The number of nitrogens with one attached hydrogen (secondary N) is 1. The zero-order chi connectivity index (χ0) is 18.4. The van der Waals surface area contributed by atoms with Crippen molar-refractivity contribution in [1.29, 1.82) is 0 Å². The van der Waals surface area contributed by atoms with Crippen LogP contribution in [-0.2, 0) is 9.59 Å². The van der Waals surface area contributed by atoms with Crippen molar-refractivity contribution in [3.63, 3.8) is 0 Å². The van der Waals surface area contributed by atoms with Crippen molar-refractivity contribution in [2.24, 2.45) is 11.3 Å². The molecule has 1 unspecified atom stereocenters. The zero-order valence-electron chi connectivity index (χ0n) is 16.3. The molecule has 5 nitrogen and oxygen atoms in total. The predicted octanol–water partition coefficient (Wildman–Crippen LogP) is 2.56. The van der Waals surface area contributed by atoms with E-state index in [1.165, 1.54) is 13.0 Å². The van der Waals surface area contributed by atoms with E-state index < -0.39 is 0 Å². The molecule has 0 aromatic heterocycles. The topological polar surface area (TPSA) is 52.7 Å². The smallest absolute Gasteiger partial charge is 0.243 e. The van der Waals surface area contributed by atoms with Crippen LogP contribution in [0.1, 0.15) is 53.4 Å². The average molecular weight is 370 g/mol. The lowest BCUT2D eigenvalue weighted by Gasteiger charge is -2.32. The summed E-state index contributed by atoms with van der Waals surface area (Å²) in [6, 6.07) is -0.292. The third kappa shape index (κ3) is 6.48. The summed E-state index contributed by atoms with van der Waals surface area (Å²) in [5, 5.41) is 3.12. The van der Waals surface area contributed by atoms with Gasteiger partial charge in [0.2, 0.25) is 11.8 Å². The number of carbonyl (C=O) groups is 2. The summed E-state index contributed by atoms with van der Waals surface area (Å²) < 4.78 is 0. The van der Waals surface area contributed by atoms with Crippen molar-refractivity contribution in [2.45, 2.75) is 59.4 Å². The normalized spacial score (nSPS) is 23.0. The highest BCUT2D eigenvalue weighted by atomic mass is 32.2. The van der Waals surface area contributed by atoms with Crippen LogP contribution in [0.5, 0.6) is 0 Å². The van der Waals surface area contributed by atoms with Crippen LogP contribution in [0.2, 0.25) is 0 Å². The molecule has 144 valence electrons. The van der Waals surface area contributed by atoms with E-state index >= 15 is 0 Å². The fraction of sp³-hybridized carbons (Fsp3) is 0.895. The number of rotatable bonds is 6. The van der Waals surface area contributed by atoms with E-state index in [-0.39, 0.29) is 23.3 Å². The Labute approximate surface area is 157 Å². The van der Waals surface area contributed by atoms with E-state index in [0.29, 0.717) is 18.2 Å². The number of nitrogens with zero attached hydrogens (tertiary/aromatic N) is 2. The molecule has 2 saturated heterocycles. The van der Waals surface area contributed by atoms with Crippen molar-refractivity contribution >= 4 is 23.6 Å². The standard InChI is InChI=1S/C19H35N3O2S/c1-5-8-21-9-6-15(7-10-21)12-20-18(24)16-13-25-14-22(16)17(23)11-19(2,3)4/h15-16H,5-14H2,1-4H3,(H,20,24). The third-order valence-corrected chi connectivity index (χ3v) is 6.01. The summed E-state index contributed by atoms with van der Waals surface area (Å²) in [4.78, 5) is 29.4. The Morgan fingerprint density at radius 1 is 1.20 bits per heavy atom. The quantitative estimate of drug-likeness (QED) is 0.782. The summed E-state index contributed by atoms with van der Waals surface area (Å²) in [6.45, 7) is 12.6. The molecule has 2 fully saturated rings. The number of amides is 2. The Balaban J connectivity index is 1.77. The van der Waals surface area contributed by atoms with Crippen molar-refractivity contribution in [3.05, 3.63) is 0 Å². The number of hydrogen-bond donors (Lipinski definition) is 1. The second kappa shape index (κ2) is 9.26.